The molecule has 160 valence electrons. The summed E-state index contributed by atoms with van der Waals surface area (Å²) in [5.41, 5.74) is 3.65. The molecule has 2 atom stereocenters. The molecule has 0 bridgehead atoms. The monoisotopic (exact) mass is 435 g/mol. The zero-order valence-corrected chi connectivity index (χ0v) is 17.0. The molecule has 1 aromatic heterocycles. The first-order chi connectivity index (χ1) is 14.3. The Morgan fingerprint density at radius 2 is 1.74 bits per heavy atom. The van der Waals surface area contributed by atoms with Crippen LogP contribution in [0.3, 0.4) is 0 Å². The van der Waals surface area contributed by atoms with Crippen molar-refractivity contribution in [2.45, 2.75) is 44.9 Å². The van der Waals surface area contributed by atoms with Crippen molar-refractivity contribution in [3.8, 4) is 11.1 Å². The molecular weight excluding hydrogens is 408 g/mol. The van der Waals surface area contributed by atoms with Crippen LogP contribution >= 0.6 is 0 Å². The number of rotatable bonds is 8. The van der Waals surface area contributed by atoms with Crippen LogP contribution in [0.1, 0.15) is 38.4 Å². The van der Waals surface area contributed by atoms with Gasteiger partial charge in [0.1, 0.15) is 5.82 Å². The fourth-order valence-electron chi connectivity index (χ4n) is 3.77. The van der Waals surface area contributed by atoms with Crippen LogP contribution in [0.25, 0.3) is 28.1 Å². The molecule has 0 saturated heterocycles. The van der Waals surface area contributed by atoms with Gasteiger partial charge in [0.15, 0.2) is 0 Å². The molecule has 0 saturated carbocycles. The number of aromatic nitrogens is 1. The van der Waals surface area contributed by atoms with Crippen molar-refractivity contribution in [1.82, 2.24) is 4.57 Å². The Labute approximate surface area is 203 Å². The van der Waals surface area contributed by atoms with Crippen molar-refractivity contribution in [3.63, 3.8) is 0 Å². The molecule has 5 nitrogen and oxygen atoms in total. The van der Waals surface area contributed by atoms with E-state index in [2.05, 4.69) is 18.4 Å². The van der Waals surface area contributed by atoms with Crippen molar-refractivity contribution in [2.75, 3.05) is 0 Å². The normalized spacial score (nSPS) is 13.5. The van der Waals surface area contributed by atoms with Gasteiger partial charge in [0, 0.05) is 34.6 Å². The van der Waals surface area contributed by atoms with Crippen LogP contribution in [-0.2, 0) is 4.79 Å². The number of para-hydroxylation sites is 1. The first-order valence-corrected chi connectivity index (χ1v) is 9.93. The Morgan fingerprint density at radius 1 is 1.10 bits per heavy atom. The average Bonchev–Trinajstić information content (AvgIpc) is 3.00. The van der Waals surface area contributed by atoms with Gasteiger partial charge >= 0.3 is 35.5 Å². The molecule has 7 heteroatoms. The third-order valence-corrected chi connectivity index (χ3v) is 5.00. The average molecular weight is 435 g/mol. The van der Waals surface area contributed by atoms with E-state index in [1.165, 1.54) is 12.1 Å². The van der Waals surface area contributed by atoms with Crippen molar-refractivity contribution in [2.24, 2.45) is 0 Å². The molecule has 0 aliphatic rings. The first kappa shape index (κ1) is 25.3. The van der Waals surface area contributed by atoms with Gasteiger partial charge in [-0.15, -0.1) is 0 Å². The summed E-state index contributed by atoms with van der Waals surface area (Å²) in [5.74, 6) is -1.43. The quantitative estimate of drug-likeness (QED) is 0.468. The van der Waals surface area contributed by atoms with Crippen LogP contribution in [0.4, 0.5) is 4.39 Å². The number of aliphatic hydroxyl groups is 2. The summed E-state index contributed by atoms with van der Waals surface area (Å²) in [5, 5.41) is 29.9. The second kappa shape index (κ2) is 11.1. The van der Waals surface area contributed by atoms with E-state index in [1.807, 2.05) is 24.3 Å². The number of aliphatic carboxylic acids is 1. The van der Waals surface area contributed by atoms with Crippen molar-refractivity contribution in [3.05, 3.63) is 66.1 Å². The third-order valence-electron chi connectivity index (χ3n) is 5.00. The fraction of sp³-hybridized carbons (Fsp3) is 0.292. The molecule has 0 aliphatic carbocycles. The zero-order chi connectivity index (χ0) is 21.8. The van der Waals surface area contributed by atoms with Crippen LogP contribution in [0, 0.1) is 5.82 Å². The predicted molar refractivity (Wildman–Crippen MR) is 123 cm³/mol. The minimum atomic E-state index is -1.13. The number of carboxylic acids is 1. The second-order valence-electron chi connectivity index (χ2n) is 7.66. The number of carbonyl (C=O) groups is 1. The summed E-state index contributed by atoms with van der Waals surface area (Å²) in [6.45, 7) is 4.12. The Bertz CT molecular complexity index is 1060. The molecule has 3 rings (SSSR count). The van der Waals surface area contributed by atoms with Gasteiger partial charge in [-0.25, -0.2) is 4.39 Å². The van der Waals surface area contributed by atoms with E-state index in [9.17, 15) is 19.4 Å². The van der Waals surface area contributed by atoms with Gasteiger partial charge in [-0.1, -0.05) is 36.4 Å². The Morgan fingerprint density at radius 3 is 2.35 bits per heavy atom. The number of halogens is 1. The van der Waals surface area contributed by atoms with Gasteiger partial charge in [0.05, 0.1) is 18.6 Å². The number of carboxylic acid groups (broad SMARTS) is 1. The van der Waals surface area contributed by atoms with Gasteiger partial charge < -0.3 is 19.9 Å². The molecular formula is C24H27FNNaO4. The number of benzene rings is 2. The number of aliphatic hydroxyl groups excluding tert-OH is 2. The van der Waals surface area contributed by atoms with E-state index < -0.39 is 24.6 Å². The van der Waals surface area contributed by atoms with Gasteiger partial charge in [-0.05, 0) is 43.7 Å². The topological polar surface area (TPSA) is 82.7 Å². The number of fused-ring (bicyclic) bond motifs is 1. The molecule has 0 radical (unpaired) electrons. The molecule has 0 amide bonds. The van der Waals surface area contributed by atoms with E-state index >= 15 is 0 Å². The van der Waals surface area contributed by atoms with Crippen LogP contribution in [-0.4, -0.2) is 67.6 Å². The number of hydrogen-bond acceptors (Lipinski definition) is 3. The summed E-state index contributed by atoms with van der Waals surface area (Å²) < 4.78 is 15.6. The molecule has 2 aromatic carbocycles. The maximum atomic E-state index is 13.5. The molecule has 1 heterocycles. The van der Waals surface area contributed by atoms with E-state index in [0.29, 0.717) is 0 Å². The second-order valence-corrected chi connectivity index (χ2v) is 7.66. The Kier molecular flexibility index (Phi) is 9.03. The van der Waals surface area contributed by atoms with Gasteiger partial charge in [-0.2, -0.15) is 0 Å². The van der Waals surface area contributed by atoms with Gasteiger partial charge in [0.25, 0.3) is 0 Å². The minimum absolute atomic E-state index is 0. The fourth-order valence-corrected chi connectivity index (χ4v) is 3.77. The van der Waals surface area contributed by atoms with Gasteiger partial charge in [-0.3, -0.25) is 4.79 Å². The van der Waals surface area contributed by atoms with Crippen LogP contribution < -0.4 is 0 Å². The van der Waals surface area contributed by atoms with Crippen molar-refractivity contribution >= 4 is 52.5 Å². The maximum absolute atomic E-state index is 13.5. The molecule has 0 aliphatic heterocycles. The summed E-state index contributed by atoms with van der Waals surface area (Å²) in [6, 6.07) is 14.4. The van der Waals surface area contributed by atoms with Crippen LogP contribution in [0.5, 0.6) is 0 Å². The molecule has 0 spiro atoms. The molecule has 31 heavy (non-hydrogen) atoms. The van der Waals surface area contributed by atoms with Crippen molar-refractivity contribution < 1.29 is 24.5 Å². The summed E-state index contributed by atoms with van der Waals surface area (Å²) in [4.78, 5) is 10.7. The third kappa shape index (κ3) is 6.05. The van der Waals surface area contributed by atoms with Gasteiger partial charge in [0.2, 0.25) is 0 Å². The Hall–Kier alpha value is -1.96. The van der Waals surface area contributed by atoms with E-state index in [1.54, 1.807) is 24.3 Å². The van der Waals surface area contributed by atoms with E-state index in [0.717, 1.165) is 27.7 Å². The zero-order valence-electron chi connectivity index (χ0n) is 17.0. The summed E-state index contributed by atoms with van der Waals surface area (Å²) in [7, 11) is 0. The number of nitrogens with zero attached hydrogens (tertiary/aromatic N) is 1. The van der Waals surface area contributed by atoms with E-state index in [4.69, 9.17) is 5.11 Å². The van der Waals surface area contributed by atoms with Crippen LogP contribution in [0.15, 0.2) is 54.6 Å². The first-order valence-electron chi connectivity index (χ1n) is 9.93. The SMILES string of the molecule is CC(C)n1c(C=C[C@@H](O)C[C@@H](O)CC(=O)O)c(-c2ccc(F)cc2)c2ccccc21.[NaH]. The molecule has 3 aromatic rings. The molecule has 0 fully saturated rings. The van der Waals surface area contributed by atoms with Crippen LogP contribution in [0.2, 0.25) is 0 Å². The number of hydrogen-bond donors (Lipinski definition) is 3. The molecule has 3 N–H and O–H groups in total. The molecule has 0 unspecified atom stereocenters. The predicted octanol–water partition coefficient (Wildman–Crippen LogP) is 3.98. The Balaban J connectivity index is 0.00000341. The van der Waals surface area contributed by atoms with E-state index in [-0.39, 0.29) is 47.8 Å². The summed E-state index contributed by atoms with van der Waals surface area (Å²) >= 11 is 0. The standard InChI is InChI=1S/C24H26FNO4.Na.H/c1-15(2)26-21-6-4-3-5-20(21)24(16-7-9-17(25)10-8-16)22(26)12-11-18(27)13-19(28)14-23(29)30;;/h3-12,15,18-19,27-28H,13-14H2,1-2H3,(H,29,30);;/t18-,19-;;/m1../s1. The summed E-state index contributed by atoms with van der Waals surface area (Å²) in [6.07, 6.45) is 0.727. The van der Waals surface area contributed by atoms with Crippen molar-refractivity contribution in [1.29, 1.82) is 0 Å².